The van der Waals surface area contributed by atoms with Crippen LogP contribution in [0.4, 0.5) is 0 Å². The van der Waals surface area contributed by atoms with Gasteiger partial charge in [-0.2, -0.15) is 0 Å². The van der Waals surface area contributed by atoms with E-state index in [2.05, 4.69) is 5.32 Å². The summed E-state index contributed by atoms with van der Waals surface area (Å²) in [4.78, 5) is 35.3. The van der Waals surface area contributed by atoms with Crippen LogP contribution in [0.25, 0.3) is 5.52 Å². The predicted octanol–water partition coefficient (Wildman–Crippen LogP) is 0.345. The molecule has 3 rings (SSSR count). The fourth-order valence-corrected chi connectivity index (χ4v) is 3.53. The highest BCUT2D eigenvalue weighted by Crippen LogP contribution is 2.35. The van der Waals surface area contributed by atoms with Crippen LogP contribution in [0.15, 0.2) is 4.79 Å². The van der Waals surface area contributed by atoms with E-state index >= 15 is 0 Å². The van der Waals surface area contributed by atoms with Gasteiger partial charge in [0, 0.05) is 12.7 Å². The van der Waals surface area contributed by atoms with E-state index in [-0.39, 0.29) is 5.75 Å². The average molecular weight is 333 g/mol. The molecule has 1 aliphatic carbocycles. The number of nitrogens with one attached hydrogen (secondary N) is 1. The van der Waals surface area contributed by atoms with Crippen LogP contribution < -0.4 is 10.9 Å². The molecule has 1 aliphatic rings. The molecule has 0 radical (unpaired) electrons. The molecule has 2 aromatic rings. The largest absolute Gasteiger partial charge is 0.505 e. The van der Waals surface area contributed by atoms with E-state index < -0.39 is 29.5 Å². The van der Waals surface area contributed by atoms with Crippen LogP contribution in [0.2, 0.25) is 0 Å². The van der Waals surface area contributed by atoms with Gasteiger partial charge in [-0.1, -0.05) is 0 Å². The number of carbonyl (C=O) groups is 2. The molecule has 0 aliphatic heterocycles. The first-order valence-corrected chi connectivity index (χ1v) is 7.79. The van der Waals surface area contributed by atoms with Gasteiger partial charge in [0.25, 0.3) is 11.5 Å². The van der Waals surface area contributed by atoms with E-state index in [0.717, 1.165) is 42.5 Å². The Labute approximate surface area is 137 Å². The molecule has 2 heterocycles. The highest BCUT2D eigenvalue weighted by atomic mass is 16.4. The van der Waals surface area contributed by atoms with Crippen molar-refractivity contribution in [3.8, 4) is 5.75 Å². The summed E-state index contributed by atoms with van der Waals surface area (Å²) in [6, 6.07) is 0. The Kier molecular flexibility index (Phi) is 3.82. The van der Waals surface area contributed by atoms with E-state index in [1.165, 1.54) is 11.7 Å². The summed E-state index contributed by atoms with van der Waals surface area (Å²) in [6.07, 6.45) is 3.67. The smallest absolute Gasteiger partial charge is 0.322 e. The third-order valence-electron chi connectivity index (χ3n) is 4.62. The highest BCUT2D eigenvalue weighted by molar-refractivity contribution is 6.00. The van der Waals surface area contributed by atoms with Gasteiger partial charge in [0.15, 0.2) is 5.75 Å². The van der Waals surface area contributed by atoms with Crippen molar-refractivity contribution < 1.29 is 19.8 Å². The summed E-state index contributed by atoms with van der Waals surface area (Å²) in [5.74, 6) is -2.50. The fraction of sp³-hybridized carbons (Fsp3) is 0.438. The Morgan fingerprint density at radius 1 is 1.21 bits per heavy atom. The lowest BCUT2D eigenvalue weighted by atomic mass is 9.92. The molecule has 0 fully saturated rings. The number of aromatic nitrogens is 2. The molecule has 1 amide bonds. The number of aryl methyl sites for hydroxylation is 3. The minimum absolute atomic E-state index is 0.382. The summed E-state index contributed by atoms with van der Waals surface area (Å²) >= 11 is 0. The number of carboxylic acids is 1. The van der Waals surface area contributed by atoms with Crippen LogP contribution in [0, 0.1) is 6.92 Å². The monoisotopic (exact) mass is 333 g/mol. The molecule has 0 aromatic carbocycles. The standard InChI is InChI=1S/C16H19N3O5/c1-8-9-5-3-4-6-10(9)13-14(22)12(15(23)17-7-11(20)21)16(24)18(2)19(8)13/h22H,3-7H2,1-2H3,(H,17,23)(H,20,21). The van der Waals surface area contributed by atoms with Crippen LogP contribution in [0.3, 0.4) is 0 Å². The molecule has 0 saturated heterocycles. The highest BCUT2D eigenvalue weighted by Gasteiger charge is 2.28. The minimum atomic E-state index is -1.23. The van der Waals surface area contributed by atoms with Gasteiger partial charge in [-0.05, 0) is 43.7 Å². The second-order valence-corrected chi connectivity index (χ2v) is 6.04. The van der Waals surface area contributed by atoms with Gasteiger partial charge < -0.3 is 15.5 Å². The molecule has 0 unspecified atom stereocenters. The number of amides is 1. The summed E-state index contributed by atoms with van der Waals surface area (Å²) in [5, 5.41) is 21.4. The first kappa shape index (κ1) is 16.1. The van der Waals surface area contributed by atoms with Crippen LogP contribution in [-0.2, 0) is 24.7 Å². The number of aliphatic carboxylic acids is 1. The van der Waals surface area contributed by atoms with Crippen molar-refractivity contribution in [3.05, 3.63) is 32.7 Å². The van der Waals surface area contributed by atoms with Crippen molar-refractivity contribution in [2.75, 3.05) is 6.54 Å². The number of aromatic hydroxyl groups is 1. The van der Waals surface area contributed by atoms with Gasteiger partial charge in [0.05, 0.1) is 0 Å². The molecule has 8 heteroatoms. The summed E-state index contributed by atoms with van der Waals surface area (Å²) in [6.45, 7) is 1.27. The zero-order chi connectivity index (χ0) is 17.6. The molecule has 0 spiro atoms. The quantitative estimate of drug-likeness (QED) is 0.750. The Morgan fingerprint density at radius 2 is 1.83 bits per heavy atom. The van der Waals surface area contributed by atoms with Gasteiger partial charge in [0.2, 0.25) is 0 Å². The Balaban J connectivity index is 2.27. The van der Waals surface area contributed by atoms with E-state index in [0.29, 0.717) is 5.52 Å². The lowest BCUT2D eigenvalue weighted by molar-refractivity contribution is -0.135. The van der Waals surface area contributed by atoms with Gasteiger partial charge in [0.1, 0.15) is 17.6 Å². The molecular formula is C16H19N3O5. The zero-order valence-corrected chi connectivity index (χ0v) is 13.5. The van der Waals surface area contributed by atoms with Crippen molar-refractivity contribution in [1.82, 2.24) is 14.5 Å². The molecule has 8 nitrogen and oxygen atoms in total. The molecule has 0 atom stereocenters. The van der Waals surface area contributed by atoms with Crippen molar-refractivity contribution >= 4 is 17.4 Å². The maximum Gasteiger partial charge on any atom is 0.322 e. The van der Waals surface area contributed by atoms with Gasteiger partial charge in [-0.3, -0.25) is 18.9 Å². The number of rotatable bonds is 3. The van der Waals surface area contributed by atoms with E-state index in [9.17, 15) is 19.5 Å². The molecule has 3 N–H and O–H groups in total. The van der Waals surface area contributed by atoms with E-state index in [1.807, 2.05) is 6.92 Å². The van der Waals surface area contributed by atoms with Crippen molar-refractivity contribution in [3.63, 3.8) is 0 Å². The fourth-order valence-electron chi connectivity index (χ4n) is 3.53. The maximum absolute atomic E-state index is 12.5. The third kappa shape index (κ3) is 2.26. The van der Waals surface area contributed by atoms with Crippen molar-refractivity contribution in [1.29, 1.82) is 0 Å². The van der Waals surface area contributed by atoms with Gasteiger partial charge in [-0.15, -0.1) is 0 Å². The predicted molar refractivity (Wildman–Crippen MR) is 85.7 cm³/mol. The Hall–Kier alpha value is -2.77. The summed E-state index contributed by atoms with van der Waals surface area (Å²) in [7, 11) is 1.53. The normalized spacial score (nSPS) is 13.8. The first-order chi connectivity index (χ1) is 11.3. The van der Waals surface area contributed by atoms with Crippen LogP contribution in [0.5, 0.6) is 5.75 Å². The van der Waals surface area contributed by atoms with Crippen LogP contribution in [0.1, 0.15) is 40.0 Å². The Bertz CT molecular complexity index is 922. The third-order valence-corrected chi connectivity index (χ3v) is 4.62. The average Bonchev–Trinajstić information content (AvgIpc) is 2.85. The summed E-state index contributed by atoms with van der Waals surface area (Å²) in [5.41, 5.74) is 2.32. The van der Waals surface area contributed by atoms with Crippen LogP contribution in [-0.4, -0.2) is 37.8 Å². The Morgan fingerprint density at radius 3 is 2.46 bits per heavy atom. The molecule has 24 heavy (non-hydrogen) atoms. The number of carbonyl (C=O) groups excluding carboxylic acids is 1. The molecule has 128 valence electrons. The second-order valence-electron chi connectivity index (χ2n) is 6.04. The SMILES string of the molecule is Cc1c2c(c3c(O)c(C(=O)NCC(=O)O)c(=O)n(C)n13)CCCC2. The van der Waals surface area contributed by atoms with Gasteiger partial charge in [-0.25, -0.2) is 4.68 Å². The van der Waals surface area contributed by atoms with Crippen molar-refractivity contribution in [2.45, 2.75) is 32.6 Å². The number of carboxylic acid groups (broad SMARTS) is 1. The van der Waals surface area contributed by atoms with Gasteiger partial charge >= 0.3 is 5.97 Å². The minimum Gasteiger partial charge on any atom is -0.505 e. The number of fused-ring (bicyclic) bond motifs is 3. The topological polar surface area (TPSA) is 113 Å². The maximum atomic E-state index is 12.5. The number of nitrogens with zero attached hydrogens (tertiary/aromatic N) is 2. The molecule has 2 aromatic heterocycles. The second kappa shape index (κ2) is 5.70. The summed E-state index contributed by atoms with van der Waals surface area (Å²) < 4.78 is 2.93. The van der Waals surface area contributed by atoms with E-state index in [4.69, 9.17) is 5.11 Å². The number of hydrogen-bond acceptors (Lipinski definition) is 4. The zero-order valence-electron chi connectivity index (χ0n) is 13.5. The van der Waals surface area contributed by atoms with E-state index in [1.54, 1.807) is 4.52 Å². The lowest BCUT2D eigenvalue weighted by Crippen LogP contribution is -2.36. The first-order valence-electron chi connectivity index (χ1n) is 7.79. The molecular weight excluding hydrogens is 314 g/mol. The van der Waals surface area contributed by atoms with Crippen LogP contribution >= 0.6 is 0 Å². The number of hydrogen-bond donors (Lipinski definition) is 3. The molecule has 0 bridgehead atoms. The van der Waals surface area contributed by atoms with Crippen molar-refractivity contribution in [2.24, 2.45) is 7.05 Å². The lowest BCUT2D eigenvalue weighted by Gasteiger charge is -2.13. The molecule has 0 saturated carbocycles.